The van der Waals surface area contributed by atoms with E-state index in [-0.39, 0.29) is 12.4 Å². The third-order valence-electron chi connectivity index (χ3n) is 5.20. The van der Waals surface area contributed by atoms with E-state index in [1.807, 2.05) is 43.3 Å². The van der Waals surface area contributed by atoms with E-state index in [2.05, 4.69) is 26.8 Å². The highest BCUT2D eigenvalue weighted by Gasteiger charge is 2.39. The molecule has 0 aliphatic heterocycles. The summed E-state index contributed by atoms with van der Waals surface area (Å²) in [4.78, 5) is 9.24. The van der Waals surface area contributed by atoms with E-state index < -0.39 is 5.54 Å². The van der Waals surface area contributed by atoms with Crippen LogP contribution in [0.5, 0.6) is 0 Å². The number of para-hydroxylation sites is 1. The number of aryl methyl sites for hydroxylation is 1. The first-order valence-electron chi connectivity index (χ1n) is 8.82. The molecule has 138 valence electrons. The molecule has 2 N–H and O–H groups in total. The largest absolute Gasteiger partial charge is 0.334 e. The molecule has 0 unspecified atom stereocenters. The van der Waals surface area contributed by atoms with E-state index in [0.717, 1.165) is 47.4 Å². The minimum Gasteiger partial charge on any atom is -0.334 e. The molecule has 0 atom stereocenters. The lowest BCUT2D eigenvalue weighted by molar-refractivity contribution is 0.229. The fraction of sp³-hybridized carbons (Fsp3) is 0.250. The Hall–Kier alpha value is -2.70. The van der Waals surface area contributed by atoms with Crippen LogP contribution in [0.2, 0.25) is 0 Å². The van der Waals surface area contributed by atoms with Crippen molar-refractivity contribution in [3.8, 4) is 17.1 Å². The number of benzene rings is 2. The summed E-state index contributed by atoms with van der Waals surface area (Å²) in [5, 5.41) is 4.10. The molecule has 0 spiro atoms. The second-order valence-corrected chi connectivity index (χ2v) is 6.97. The Balaban J connectivity index is 0.00000180. The van der Waals surface area contributed by atoms with E-state index in [1.165, 1.54) is 0 Å². The van der Waals surface area contributed by atoms with Crippen molar-refractivity contribution in [3.63, 3.8) is 0 Å². The summed E-state index contributed by atoms with van der Waals surface area (Å²) in [6, 6.07) is 16.2. The zero-order valence-electron chi connectivity index (χ0n) is 14.9. The molecule has 6 nitrogen and oxygen atoms in total. The van der Waals surface area contributed by atoms with Crippen LogP contribution in [0.25, 0.3) is 28.2 Å². The van der Waals surface area contributed by atoms with E-state index in [4.69, 9.17) is 15.2 Å². The van der Waals surface area contributed by atoms with Gasteiger partial charge in [0.1, 0.15) is 5.82 Å². The number of aromatic nitrogens is 4. The monoisotopic (exact) mass is 381 g/mol. The van der Waals surface area contributed by atoms with E-state index in [1.54, 1.807) is 0 Å². The first-order chi connectivity index (χ1) is 12.6. The molecule has 4 aromatic rings. The molecule has 0 radical (unpaired) electrons. The highest BCUT2D eigenvalue weighted by Crippen LogP contribution is 2.37. The van der Waals surface area contributed by atoms with Gasteiger partial charge >= 0.3 is 0 Å². The predicted molar refractivity (Wildman–Crippen MR) is 106 cm³/mol. The fourth-order valence-electron chi connectivity index (χ4n) is 3.56. The second kappa shape index (κ2) is 6.48. The van der Waals surface area contributed by atoms with Gasteiger partial charge in [-0.2, -0.15) is 4.98 Å². The SMILES string of the molecule is Cc1nc2cc(-c3nc(C4(N)CCC4)no3)ccc2n1-c1ccccc1.Cl. The Morgan fingerprint density at radius 1 is 1.07 bits per heavy atom. The van der Waals surface area contributed by atoms with Gasteiger partial charge in [0.25, 0.3) is 5.89 Å². The molecule has 2 heterocycles. The topological polar surface area (TPSA) is 82.8 Å². The molecule has 5 rings (SSSR count). The predicted octanol–water partition coefficient (Wildman–Crippen LogP) is 4.14. The first-order valence-corrected chi connectivity index (χ1v) is 8.82. The van der Waals surface area contributed by atoms with Gasteiger partial charge in [0, 0.05) is 11.3 Å². The van der Waals surface area contributed by atoms with Crippen LogP contribution in [0, 0.1) is 6.92 Å². The Bertz CT molecular complexity index is 1100. The van der Waals surface area contributed by atoms with Gasteiger partial charge < -0.3 is 10.3 Å². The Morgan fingerprint density at radius 3 is 2.56 bits per heavy atom. The molecule has 0 amide bonds. The third kappa shape index (κ3) is 2.81. The Kier molecular flexibility index (Phi) is 4.25. The van der Waals surface area contributed by atoms with E-state index >= 15 is 0 Å². The highest BCUT2D eigenvalue weighted by atomic mass is 35.5. The molecule has 1 aliphatic carbocycles. The smallest absolute Gasteiger partial charge is 0.258 e. The molecule has 7 heteroatoms. The number of rotatable bonds is 3. The summed E-state index contributed by atoms with van der Waals surface area (Å²) in [7, 11) is 0. The van der Waals surface area contributed by atoms with Crippen LogP contribution in [-0.4, -0.2) is 19.7 Å². The van der Waals surface area contributed by atoms with Crippen LogP contribution >= 0.6 is 12.4 Å². The molecular weight excluding hydrogens is 362 g/mol. The molecule has 27 heavy (non-hydrogen) atoms. The number of imidazole rings is 1. The van der Waals surface area contributed by atoms with Crippen LogP contribution in [0.4, 0.5) is 0 Å². The van der Waals surface area contributed by atoms with Crippen molar-refractivity contribution in [1.82, 2.24) is 19.7 Å². The number of hydrogen-bond acceptors (Lipinski definition) is 5. The van der Waals surface area contributed by atoms with Crippen LogP contribution in [0.15, 0.2) is 53.1 Å². The molecule has 2 aromatic carbocycles. The maximum Gasteiger partial charge on any atom is 0.258 e. The average molecular weight is 382 g/mol. The van der Waals surface area contributed by atoms with Crippen molar-refractivity contribution in [2.24, 2.45) is 5.73 Å². The summed E-state index contributed by atoms with van der Waals surface area (Å²) in [5.74, 6) is 2.03. The molecule has 1 fully saturated rings. The fourth-order valence-corrected chi connectivity index (χ4v) is 3.56. The van der Waals surface area contributed by atoms with Crippen molar-refractivity contribution in [2.45, 2.75) is 31.7 Å². The van der Waals surface area contributed by atoms with Crippen LogP contribution in [0.3, 0.4) is 0 Å². The lowest BCUT2D eigenvalue weighted by Crippen LogP contribution is -2.44. The van der Waals surface area contributed by atoms with Gasteiger partial charge in [-0.1, -0.05) is 23.4 Å². The summed E-state index contributed by atoms with van der Waals surface area (Å²) in [6.07, 6.45) is 2.93. The van der Waals surface area contributed by atoms with Gasteiger partial charge in [-0.05, 0) is 56.5 Å². The van der Waals surface area contributed by atoms with E-state index in [9.17, 15) is 0 Å². The number of fused-ring (bicyclic) bond motifs is 1. The van der Waals surface area contributed by atoms with Crippen molar-refractivity contribution in [2.75, 3.05) is 0 Å². The molecule has 0 bridgehead atoms. The van der Waals surface area contributed by atoms with Crippen molar-refractivity contribution in [3.05, 3.63) is 60.2 Å². The molecule has 2 aromatic heterocycles. The zero-order valence-corrected chi connectivity index (χ0v) is 15.7. The second-order valence-electron chi connectivity index (χ2n) is 6.97. The maximum absolute atomic E-state index is 6.29. The summed E-state index contributed by atoms with van der Waals surface area (Å²) in [5.41, 5.74) is 9.77. The minimum absolute atomic E-state index is 0. The van der Waals surface area contributed by atoms with Crippen LogP contribution in [0.1, 0.15) is 30.9 Å². The van der Waals surface area contributed by atoms with Gasteiger partial charge in [0.15, 0.2) is 5.82 Å². The standard InChI is InChI=1S/C20H19N5O.ClH/c1-13-22-16-12-14(18-23-19(24-26-18)20(21)10-5-11-20)8-9-17(16)25(13)15-6-3-2-4-7-15;/h2-4,6-9,12H,5,10-11,21H2,1H3;1H. The summed E-state index contributed by atoms with van der Waals surface area (Å²) in [6.45, 7) is 2.01. The number of hydrogen-bond donors (Lipinski definition) is 1. The molecule has 0 saturated heterocycles. The molecule has 1 saturated carbocycles. The van der Waals surface area contributed by atoms with Gasteiger partial charge in [-0.15, -0.1) is 12.4 Å². The Morgan fingerprint density at radius 2 is 1.85 bits per heavy atom. The first kappa shape index (κ1) is 17.7. The molecule has 1 aliphatic rings. The molecular formula is C20H20ClN5O. The Labute approximate surface area is 162 Å². The van der Waals surface area contributed by atoms with Gasteiger partial charge in [0.05, 0.1) is 16.6 Å². The van der Waals surface area contributed by atoms with Crippen molar-refractivity contribution in [1.29, 1.82) is 0 Å². The minimum atomic E-state index is -0.419. The highest BCUT2D eigenvalue weighted by molar-refractivity contribution is 5.85. The van der Waals surface area contributed by atoms with Crippen molar-refractivity contribution < 1.29 is 4.52 Å². The summed E-state index contributed by atoms with van der Waals surface area (Å²) >= 11 is 0. The maximum atomic E-state index is 6.29. The number of nitrogens with two attached hydrogens (primary N) is 1. The summed E-state index contributed by atoms with van der Waals surface area (Å²) < 4.78 is 7.61. The number of halogens is 1. The number of nitrogens with zero attached hydrogens (tertiary/aromatic N) is 4. The average Bonchev–Trinajstić information content (AvgIpc) is 3.24. The van der Waals surface area contributed by atoms with Gasteiger partial charge in [-0.3, -0.25) is 4.57 Å². The van der Waals surface area contributed by atoms with E-state index in [0.29, 0.717) is 11.7 Å². The van der Waals surface area contributed by atoms with Crippen LogP contribution in [-0.2, 0) is 5.54 Å². The quantitative estimate of drug-likeness (QED) is 0.576. The third-order valence-corrected chi connectivity index (χ3v) is 5.20. The van der Waals surface area contributed by atoms with Crippen LogP contribution < -0.4 is 5.73 Å². The lowest BCUT2D eigenvalue weighted by atomic mass is 9.77. The van der Waals surface area contributed by atoms with Gasteiger partial charge in [0.2, 0.25) is 0 Å². The normalized spacial score (nSPS) is 15.3. The zero-order chi connectivity index (χ0) is 17.7. The van der Waals surface area contributed by atoms with Gasteiger partial charge in [-0.25, -0.2) is 4.98 Å². The van der Waals surface area contributed by atoms with Crippen molar-refractivity contribution >= 4 is 23.4 Å². The lowest BCUT2D eigenvalue weighted by Gasteiger charge is -2.34.